The third-order valence-electron chi connectivity index (χ3n) is 2.62. The molecular formula is C16H38N2O. The van der Waals surface area contributed by atoms with Gasteiger partial charge in [0.1, 0.15) is 6.23 Å². The maximum absolute atomic E-state index is 8.56. The van der Waals surface area contributed by atoms with E-state index in [4.69, 9.17) is 5.11 Å². The summed E-state index contributed by atoms with van der Waals surface area (Å²) in [6.07, 6.45) is -0.315. The lowest BCUT2D eigenvalue weighted by atomic mass is 10.1. The van der Waals surface area contributed by atoms with Gasteiger partial charge >= 0.3 is 0 Å². The molecule has 118 valence electrons. The van der Waals surface area contributed by atoms with Crippen molar-refractivity contribution < 1.29 is 5.11 Å². The van der Waals surface area contributed by atoms with Crippen LogP contribution < -0.4 is 0 Å². The molecule has 0 spiro atoms. The van der Waals surface area contributed by atoms with E-state index >= 15 is 0 Å². The maximum Gasteiger partial charge on any atom is 0.104 e. The molecule has 0 aromatic heterocycles. The lowest BCUT2D eigenvalue weighted by Gasteiger charge is -2.27. The second-order valence-electron chi connectivity index (χ2n) is 7.00. The zero-order valence-electron chi connectivity index (χ0n) is 14.8. The first-order valence-corrected chi connectivity index (χ1v) is 7.63. The average Bonchev–Trinajstić information content (AvgIpc) is 2.14. The van der Waals surface area contributed by atoms with Crippen molar-refractivity contribution in [2.24, 2.45) is 17.8 Å². The van der Waals surface area contributed by atoms with Crippen LogP contribution in [0.5, 0.6) is 0 Å². The largest absolute Gasteiger partial charge is 0.379 e. The van der Waals surface area contributed by atoms with Crippen LogP contribution in [0.2, 0.25) is 0 Å². The summed E-state index contributed by atoms with van der Waals surface area (Å²) in [5, 5.41) is 8.56. The van der Waals surface area contributed by atoms with Gasteiger partial charge in [-0.25, -0.2) is 0 Å². The highest BCUT2D eigenvalue weighted by molar-refractivity contribution is 4.64. The lowest BCUT2D eigenvalue weighted by Crippen LogP contribution is -2.34. The van der Waals surface area contributed by atoms with Crippen molar-refractivity contribution in [3.05, 3.63) is 0 Å². The number of hydrogen-bond acceptors (Lipinski definition) is 3. The third kappa shape index (κ3) is 17.9. The Morgan fingerprint density at radius 1 is 0.684 bits per heavy atom. The summed E-state index contributed by atoms with van der Waals surface area (Å²) in [5.74, 6) is 2.37. The highest BCUT2D eigenvalue weighted by atomic mass is 16.3. The van der Waals surface area contributed by atoms with Gasteiger partial charge < -0.3 is 10.0 Å². The van der Waals surface area contributed by atoms with Crippen LogP contribution in [-0.4, -0.2) is 54.9 Å². The monoisotopic (exact) mass is 274 g/mol. The van der Waals surface area contributed by atoms with Gasteiger partial charge in [-0.15, -0.1) is 0 Å². The van der Waals surface area contributed by atoms with Gasteiger partial charge in [0.15, 0.2) is 0 Å². The number of aliphatic hydroxyl groups excluding tert-OH is 1. The summed E-state index contributed by atoms with van der Waals surface area (Å²) in [5.41, 5.74) is 0. The molecule has 3 heteroatoms. The van der Waals surface area contributed by atoms with Crippen LogP contribution in [0.3, 0.4) is 0 Å². The predicted octanol–water partition coefficient (Wildman–Crippen LogP) is 3.14. The molecule has 0 radical (unpaired) electrons. The summed E-state index contributed by atoms with van der Waals surface area (Å²) >= 11 is 0. The fourth-order valence-electron chi connectivity index (χ4n) is 1.77. The predicted molar refractivity (Wildman–Crippen MR) is 86.3 cm³/mol. The van der Waals surface area contributed by atoms with Crippen LogP contribution in [0.15, 0.2) is 0 Å². The molecule has 0 aliphatic rings. The summed E-state index contributed by atoms with van der Waals surface area (Å²) in [7, 11) is 3.65. The lowest BCUT2D eigenvalue weighted by molar-refractivity contribution is 0.0578. The van der Waals surface area contributed by atoms with Crippen molar-refractivity contribution in [3.8, 4) is 0 Å². The van der Waals surface area contributed by atoms with E-state index in [0.717, 1.165) is 17.8 Å². The second kappa shape index (κ2) is 11.7. The molecule has 1 atom stereocenters. The van der Waals surface area contributed by atoms with Crippen LogP contribution in [-0.2, 0) is 0 Å². The van der Waals surface area contributed by atoms with Gasteiger partial charge in [0, 0.05) is 19.6 Å². The maximum atomic E-state index is 8.56. The molecule has 0 fully saturated rings. The molecule has 0 saturated carbocycles. The van der Waals surface area contributed by atoms with E-state index in [1.165, 1.54) is 19.6 Å². The van der Waals surface area contributed by atoms with E-state index in [0.29, 0.717) is 0 Å². The Labute approximate surface area is 122 Å². The van der Waals surface area contributed by atoms with Crippen LogP contribution >= 0.6 is 0 Å². The molecule has 1 N–H and O–H groups in total. The highest BCUT2D eigenvalue weighted by Gasteiger charge is 2.10. The zero-order valence-corrected chi connectivity index (χ0v) is 14.8. The molecule has 1 unspecified atom stereocenters. The molecule has 0 heterocycles. The van der Waals surface area contributed by atoms with E-state index in [1.807, 2.05) is 14.1 Å². The minimum Gasteiger partial charge on any atom is -0.379 e. The molecule has 0 rings (SSSR count). The summed E-state index contributed by atoms with van der Waals surface area (Å²) in [4.78, 5) is 4.32. The van der Waals surface area contributed by atoms with Gasteiger partial charge in [-0.1, -0.05) is 41.5 Å². The Balaban J connectivity index is 0. The molecule has 0 amide bonds. The fraction of sp³-hybridized carbons (Fsp3) is 1.00. The van der Waals surface area contributed by atoms with Crippen molar-refractivity contribution in [3.63, 3.8) is 0 Å². The molecule has 0 aliphatic carbocycles. The van der Waals surface area contributed by atoms with E-state index in [1.54, 1.807) is 11.8 Å². The first kappa shape index (κ1) is 21.2. The molecular weight excluding hydrogens is 236 g/mol. The van der Waals surface area contributed by atoms with Gasteiger partial charge in [-0.05, 0) is 38.8 Å². The van der Waals surface area contributed by atoms with Gasteiger partial charge in [0.2, 0.25) is 0 Å². The van der Waals surface area contributed by atoms with Crippen LogP contribution in [0, 0.1) is 17.8 Å². The first-order chi connectivity index (χ1) is 8.56. The Bertz CT molecular complexity index is 159. The normalized spacial score (nSPS) is 13.4. The fourth-order valence-corrected chi connectivity index (χ4v) is 1.77. The number of nitrogens with zero attached hydrogens (tertiary/aromatic N) is 2. The summed E-state index contributed by atoms with van der Waals surface area (Å²) in [6, 6.07) is 0. The molecule has 0 aromatic carbocycles. The van der Waals surface area contributed by atoms with E-state index < -0.39 is 0 Å². The van der Waals surface area contributed by atoms with Gasteiger partial charge in [-0.3, -0.25) is 4.90 Å². The van der Waals surface area contributed by atoms with Crippen molar-refractivity contribution >= 4 is 0 Å². The van der Waals surface area contributed by atoms with Crippen LogP contribution in [0.1, 0.15) is 48.5 Å². The minimum absolute atomic E-state index is 0.315. The average molecular weight is 274 g/mol. The Kier molecular flexibility index (Phi) is 13.0. The molecule has 0 bridgehead atoms. The van der Waals surface area contributed by atoms with Crippen LogP contribution in [0.25, 0.3) is 0 Å². The van der Waals surface area contributed by atoms with Gasteiger partial charge in [0.05, 0.1) is 0 Å². The Morgan fingerprint density at radius 3 is 1.00 bits per heavy atom. The van der Waals surface area contributed by atoms with E-state index in [-0.39, 0.29) is 6.23 Å². The zero-order chi connectivity index (χ0) is 15.6. The smallest absolute Gasteiger partial charge is 0.104 e. The standard InChI is InChI=1S/C12H27N.C4H11NO/c1-10(2)7-13(8-11(3)4)9-12(5)6;1-4(6)5(2)3/h10-12H,7-9H2,1-6H3;4,6H,1-3H3. The van der Waals surface area contributed by atoms with Crippen molar-refractivity contribution in [2.45, 2.75) is 54.7 Å². The van der Waals surface area contributed by atoms with Gasteiger partial charge in [0.25, 0.3) is 0 Å². The summed E-state index contributed by atoms with van der Waals surface area (Å²) < 4.78 is 0. The van der Waals surface area contributed by atoms with E-state index in [2.05, 4.69) is 46.4 Å². The van der Waals surface area contributed by atoms with Crippen molar-refractivity contribution in [1.29, 1.82) is 0 Å². The molecule has 0 saturated heterocycles. The number of aliphatic hydroxyl groups is 1. The third-order valence-corrected chi connectivity index (χ3v) is 2.62. The quantitative estimate of drug-likeness (QED) is 0.723. The Morgan fingerprint density at radius 2 is 0.895 bits per heavy atom. The topological polar surface area (TPSA) is 26.7 Å². The minimum atomic E-state index is -0.315. The van der Waals surface area contributed by atoms with Gasteiger partial charge in [-0.2, -0.15) is 0 Å². The number of hydrogen-bond donors (Lipinski definition) is 1. The molecule has 0 aliphatic heterocycles. The molecule has 3 nitrogen and oxygen atoms in total. The molecule has 19 heavy (non-hydrogen) atoms. The van der Waals surface area contributed by atoms with Crippen molar-refractivity contribution in [2.75, 3.05) is 33.7 Å². The second-order valence-corrected chi connectivity index (χ2v) is 7.00. The first-order valence-electron chi connectivity index (χ1n) is 7.63. The van der Waals surface area contributed by atoms with Crippen molar-refractivity contribution in [1.82, 2.24) is 9.80 Å². The van der Waals surface area contributed by atoms with E-state index in [9.17, 15) is 0 Å². The molecule has 0 aromatic rings. The van der Waals surface area contributed by atoms with Crippen LogP contribution in [0.4, 0.5) is 0 Å². The highest BCUT2D eigenvalue weighted by Crippen LogP contribution is 2.06. The summed E-state index contributed by atoms with van der Waals surface area (Å²) in [6.45, 7) is 19.3. The number of rotatable bonds is 7. The Hall–Kier alpha value is -0.120. The SMILES string of the molecule is CC(C)CN(CC(C)C)CC(C)C.CC(O)N(C)C.